The molecule has 0 atom stereocenters. The van der Waals surface area contributed by atoms with Crippen molar-refractivity contribution in [3.63, 3.8) is 0 Å². The maximum absolute atomic E-state index is 5.67. The van der Waals surface area contributed by atoms with Gasteiger partial charge in [0.25, 0.3) is 0 Å². The number of aryl methyl sites for hydroxylation is 1. The van der Waals surface area contributed by atoms with Crippen molar-refractivity contribution < 1.29 is 8.94 Å². The van der Waals surface area contributed by atoms with Gasteiger partial charge in [0.1, 0.15) is 6.42 Å². The molecule has 6 heteroatoms. The Kier molecular flexibility index (Phi) is 3.52. The van der Waals surface area contributed by atoms with Crippen molar-refractivity contribution >= 4 is 0 Å². The predicted molar refractivity (Wildman–Crippen MR) is 80.3 cm³/mol. The Morgan fingerprint density at radius 3 is 2.59 bits per heavy atom. The van der Waals surface area contributed by atoms with Crippen molar-refractivity contribution in [3.05, 3.63) is 47.4 Å². The Morgan fingerprint density at radius 1 is 1.09 bits per heavy atom. The zero-order chi connectivity index (χ0) is 15.7. The zero-order valence-electron chi connectivity index (χ0n) is 13.1. The molecule has 1 aromatic carbocycles. The van der Waals surface area contributed by atoms with E-state index in [2.05, 4.69) is 20.3 Å². The third-order valence-electron chi connectivity index (χ3n) is 3.17. The van der Waals surface area contributed by atoms with Crippen LogP contribution in [-0.2, 0) is 11.8 Å². The summed E-state index contributed by atoms with van der Waals surface area (Å²) < 4.78 is 10.9. The van der Waals surface area contributed by atoms with E-state index in [1.807, 2.05) is 52.0 Å². The molecule has 0 amide bonds. The average Bonchev–Trinajstić information content (AvgIpc) is 3.08. The number of nitrogens with zero attached hydrogens (tertiary/aromatic N) is 4. The van der Waals surface area contributed by atoms with Crippen LogP contribution in [0.2, 0.25) is 0 Å². The van der Waals surface area contributed by atoms with Gasteiger partial charge in [-0.3, -0.25) is 0 Å². The van der Waals surface area contributed by atoms with E-state index < -0.39 is 0 Å². The minimum Gasteiger partial charge on any atom is -0.420 e. The Labute approximate surface area is 128 Å². The fraction of sp³-hybridized carbons (Fsp3) is 0.375. The first-order valence-electron chi connectivity index (χ1n) is 7.14. The third kappa shape index (κ3) is 3.05. The largest absolute Gasteiger partial charge is 0.420 e. The minimum absolute atomic E-state index is 0.149. The van der Waals surface area contributed by atoms with Crippen LogP contribution in [0.5, 0.6) is 0 Å². The summed E-state index contributed by atoms with van der Waals surface area (Å²) in [5.41, 5.74) is 1.90. The first-order chi connectivity index (χ1) is 10.4. The van der Waals surface area contributed by atoms with Gasteiger partial charge in [-0.2, -0.15) is 4.98 Å². The highest BCUT2D eigenvalue weighted by Crippen LogP contribution is 2.21. The van der Waals surface area contributed by atoms with Gasteiger partial charge in [-0.1, -0.05) is 43.6 Å². The van der Waals surface area contributed by atoms with E-state index in [1.165, 1.54) is 0 Å². The van der Waals surface area contributed by atoms with Crippen LogP contribution in [0.25, 0.3) is 11.5 Å². The van der Waals surface area contributed by atoms with Gasteiger partial charge in [0, 0.05) is 11.0 Å². The molecule has 0 aliphatic rings. The summed E-state index contributed by atoms with van der Waals surface area (Å²) >= 11 is 0. The van der Waals surface area contributed by atoms with Crippen molar-refractivity contribution in [2.75, 3.05) is 0 Å². The maximum atomic E-state index is 5.67. The van der Waals surface area contributed by atoms with E-state index in [-0.39, 0.29) is 5.41 Å². The van der Waals surface area contributed by atoms with Crippen molar-refractivity contribution in [1.29, 1.82) is 0 Å². The average molecular weight is 298 g/mol. The molecule has 2 aromatic heterocycles. The molecular formula is C16H18N4O2. The van der Waals surface area contributed by atoms with Gasteiger partial charge in [0.15, 0.2) is 5.82 Å². The van der Waals surface area contributed by atoms with Gasteiger partial charge in [-0.05, 0) is 19.1 Å². The van der Waals surface area contributed by atoms with E-state index >= 15 is 0 Å². The van der Waals surface area contributed by atoms with Crippen LogP contribution < -0.4 is 0 Å². The lowest BCUT2D eigenvalue weighted by Crippen LogP contribution is -2.13. The van der Waals surface area contributed by atoms with E-state index in [0.717, 1.165) is 11.1 Å². The summed E-state index contributed by atoms with van der Waals surface area (Å²) in [6.45, 7) is 8.12. The number of hydrogen-bond acceptors (Lipinski definition) is 6. The Hall–Kier alpha value is -2.50. The van der Waals surface area contributed by atoms with Crippen molar-refractivity contribution in [1.82, 2.24) is 20.3 Å². The van der Waals surface area contributed by atoms with Crippen LogP contribution in [0, 0.1) is 6.92 Å². The third-order valence-corrected chi connectivity index (χ3v) is 3.17. The van der Waals surface area contributed by atoms with Crippen LogP contribution in [0.3, 0.4) is 0 Å². The summed E-state index contributed by atoms with van der Waals surface area (Å²) in [5.74, 6) is 2.10. The smallest absolute Gasteiger partial charge is 0.247 e. The summed E-state index contributed by atoms with van der Waals surface area (Å²) in [4.78, 5) is 4.37. The number of aromatic nitrogens is 4. The lowest BCUT2D eigenvalue weighted by Gasteiger charge is -2.10. The first kappa shape index (κ1) is 14.4. The van der Waals surface area contributed by atoms with Gasteiger partial charge in [-0.15, -0.1) is 10.2 Å². The van der Waals surface area contributed by atoms with Crippen LogP contribution in [0.1, 0.15) is 43.9 Å². The normalized spacial score (nSPS) is 11.8. The van der Waals surface area contributed by atoms with Crippen molar-refractivity contribution in [2.45, 2.75) is 39.5 Å². The topological polar surface area (TPSA) is 77.8 Å². The number of benzene rings is 1. The summed E-state index contributed by atoms with van der Waals surface area (Å²) in [6.07, 6.45) is 0.335. The van der Waals surface area contributed by atoms with E-state index in [0.29, 0.717) is 29.9 Å². The summed E-state index contributed by atoms with van der Waals surface area (Å²) in [6, 6.07) is 7.92. The van der Waals surface area contributed by atoms with Crippen LogP contribution >= 0.6 is 0 Å². The molecule has 0 saturated heterocycles. The summed E-state index contributed by atoms with van der Waals surface area (Å²) in [7, 11) is 0. The molecule has 0 N–H and O–H groups in total. The van der Waals surface area contributed by atoms with E-state index in [4.69, 9.17) is 8.94 Å². The highest BCUT2D eigenvalue weighted by molar-refractivity contribution is 5.53. The van der Waals surface area contributed by atoms with Gasteiger partial charge < -0.3 is 8.94 Å². The SMILES string of the molecule is Cc1cccc(-c2nnc(Cc3nc(C(C)(C)C)no3)o2)c1. The lowest BCUT2D eigenvalue weighted by atomic mass is 9.96. The molecule has 0 spiro atoms. The highest BCUT2D eigenvalue weighted by atomic mass is 16.5. The van der Waals surface area contributed by atoms with E-state index in [1.54, 1.807) is 0 Å². The molecule has 3 aromatic rings. The molecule has 0 saturated carbocycles. The zero-order valence-corrected chi connectivity index (χ0v) is 13.1. The van der Waals surface area contributed by atoms with Crippen LogP contribution in [-0.4, -0.2) is 20.3 Å². The molecule has 22 heavy (non-hydrogen) atoms. The number of hydrogen-bond donors (Lipinski definition) is 0. The first-order valence-corrected chi connectivity index (χ1v) is 7.14. The molecule has 2 heterocycles. The second-order valence-corrected chi connectivity index (χ2v) is 6.31. The molecule has 0 fully saturated rings. The highest BCUT2D eigenvalue weighted by Gasteiger charge is 2.22. The minimum atomic E-state index is -0.149. The molecule has 0 unspecified atom stereocenters. The molecule has 0 bridgehead atoms. The molecular weight excluding hydrogens is 280 g/mol. The van der Waals surface area contributed by atoms with Crippen molar-refractivity contribution in [3.8, 4) is 11.5 Å². The Bertz CT molecular complexity index is 783. The Balaban J connectivity index is 1.79. The quantitative estimate of drug-likeness (QED) is 0.738. The summed E-state index contributed by atoms with van der Waals surface area (Å²) in [5, 5.41) is 12.1. The second-order valence-electron chi connectivity index (χ2n) is 6.31. The Morgan fingerprint density at radius 2 is 1.91 bits per heavy atom. The molecule has 6 nitrogen and oxygen atoms in total. The fourth-order valence-corrected chi connectivity index (χ4v) is 1.98. The molecule has 0 aliphatic carbocycles. The van der Waals surface area contributed by atoms with Gasteiger partial charge in [0.2, 0.25) is 17.7 Å². The predicted octanol–water partition coefficient (Wildman–Crippen LogP) is 3.32. The van der Waals surface area contributed by atoms with Gasteiger partial charge in [0.05, 0.1) is 0 Å². The lowest BCUT2D eigenvalue weighted by molar-refractivity contribution is 0.360. The maximum Gasteiger partial charge on any atom is 0.247 e. The standard InChI is InChI=1S/C16H18N4O2/c1-10-6-5-7-11(8-10)14-19-18-13(21-14)9-12-17-15(20-22-12)16(2,3)4/h5-8H,9H2,1-4H3. The molecule has 0 aliphatic heterocycles. The molecule has 114 valence electrons. The molecule has 3 rings (SSSR count). The fourth-order valence-electron chi connectivity index (χ4n) is 1.98. The molecule has 0 radical (unpaired) electrons. The van der Waals surface area contributed by atoms with E-state index in [9.17, 15) is 0 Å². The van der Waals surface area contributed by atoms with Gasteiger partial charge in [-0.25, -0.2) is 0 Å². The van der Waals surface area contributed by atoms with Crippen molar-refractivity contribution in [2.24, 2.45) is 0 Å². The van der Waals surface area contributed by atoms with Crippen LogP contribution in [0.15, 0.2) is 33.2 Å². The van der Waals surface area contributed by atoms with Crippen LogP contribution in [0.4, 0.5) is 0 Å². The monoisotopic (exact) mass is 298 g/mol. The van der Waals surface area contributed by atoms with Gasteiger partial charge >= 0.3 is 0 Å². The number of rotatable bonds is 3. The second kappa shape index (κ2) is 5.36.